The molecule has 0 atom stereocenters. The molecule has 0 spiro atoms. The molecule has 4 aromatic rings. The third-order valence-corrected chi connectivity index (χ3v) is 5.24. The van der Waals surface area contributed by atoms with Gasteiger partial charge in [0.2, 0.25) is 11.9 Å². The van der Waals surface area contributed by atoms with Crippen LogP contribution in [0.3, 0.4) is 0 Å². The Bertz CT molecular complexity index is 1360. The van der Waals surface area contributed by atoms with E-state index in [0.29, 0.717) is 22.5 Å². The van der Waals surface area contributed by atoms with Crippen LogP contribution in [0.5, 0.6) is 0 Å². The summed E-state index contributed by atoms with van der Waals surface area (Å²) in [6.07, 6.45) is 3.30. The SMILES string of the molecule is Cc1ccc(-n2ncc3c(=O)[nH]c(-n4nc(C)cc4NC(=O)C4CC4)nc32)c(C)c1. The maximum atomic E-state index is 12.7. The molecule has 2 N–H and O–H groups in total. The molecule has 9 nitrogen and oxygen atoms in total. The first-order valence-corrected chi connectivity index (χ1v) is 9.84. The number of hydrogen-bond donors (Lipinski definition) is 2. The highest BCUT2D eigenvalue weighted by molar-refractivity contribution is 5.93. The standard InChI is InChI=1S/C21H21N7O2/c1-11-4-7-16(12(2)8-11)27-18-15(10-22-27)20(30)25-21(24-18)28-17(9-13(3)26-28)23-19(29)14-5-6-14/h4,7-10,14H,5-6H2,1-3H3,(H,23,29)(H,24,25,30). The number of anilines is 1. The molecule has 1 aliphatic rings. The van der Waals surface area contributed by atoms with E-state index in [1.165, 1.54) is 10.9 Å². The lowest BCUT2D eigenvalue weighted by molar-refractivity contribution is -0.117. The minimum absolute atomic E-state index is 0.0418. The highest BCUT2D eigenvalue weighted by atomic mass is 16.2. The Balaban J connectivity index is 1.65. The summed E-state index contributed by atoms with van der Waals surface area (Å²) in [4.78, 5) is 32.4. The van der Waals surface area contributed by atoms with Crippen LogP contribution in [0.25, 0.3) is 22.7 Å². The van der Waals surface area contributed by atoms with E-state index in [4.69, 9.17) is 0 Å². The highest BCUT2D eigenvalue weighted by Crippen LogP contribution is 2.30. The maximum absolute atomic E-state index is 12.7. The summed E-state index contributed by atoms with van der Waals surface area (Å²) >= 11 is 0. The van der Waals surface area contributed by atoms with Gasteiger partial charge in [0, 0.05) is 12.0 Å². The molecule has 0 unspecified atom stereocenters. The third-order valence-electron chi connectivity index (χ3n) is 5.24. The number of aryl methyl sites for hydroxylation is 3. The zero-order chi connectivity index (χ0) is 21.0. The van der Waals surface area contributed by atoms with Gasteiger partial charge in [0.05, 0.1) is 17.6 Å². The molecule has 0 bridgehead atoms. The molecule has 0 radical (unpaired) electrons. The van der Waals surface area contributed by atoms with Crippen LogP contribution in [0.15, 0.2) is 35.3 Å². The zero-order valence-corrected chi connectivity index (χ0v) is 16.9. The number of rotatable bonds is 4. The molecule has 1 saturated carbocycles. The summed E-state index contributed by atoms with van der Waals surface area (Å²) in [6, 6.07) is 7.76. The number of aromatic nitrogens is 6. The van der Waals surface area contributed by atoms with E-state index >= 15 is 0 Å². The number of aromatic amines is 1. The lowest BCUT2D eigenvalue weighted by atomic mass is 10.1. The number of benzene rings is 1. The van der Waals surface area contributed by atoms with Crippen molar-refractivity contribution in [3.8, 4) is 11.6 Å². The molecule has 0 saturated heterocycles. The first-order valence-electron chi connectivity index (χ1n) is 9.84. The lowest BCUT2D eigenvalue weighted by Gasteiger charge is -2.10. The second-order valence-electron chi connectivity index (χ2n) is 7.82. The van der Waals surface area contributed by atoms with Gasteiger partial charge in [0.1, 0.15) is 11.2 Å². The quantitative estimate of drug-likeness (QED) is 0.544. The minimum Gasteiger partial charge on any atom is -0.310 e. The van der Waals surface area contributed by atoms with E-state index in [-0.39, 0.29) is 23.3 Å². The molecule has 152 valence electrons. The number of amides is 1. The number of carbonyl (C=O) groups is 1. The Morgan fingerprint density at radius 2 is 1.97 bits per heavy atom. The van der Waals surface area contributed by atoms with Gasteiger partial charge < -0.3 is 5.32 Å². The molecular formula is C21H21N7O2. The Morgan fingerprint density at radius 1 is 1.17 bits per heavy atom. The van der Waals surface area contributed by atoms with Crippen LogP contribution in [0.2, 0.25) is 0 Å². The first kappa shape index (κ1) is 18.3. The number of nitrogens with one attached hydrogen (secondary N) is 2. The topological polar surface area (TPSA) is 110 Å². The predicted molar refractivity (Wildman–Crippen MR) is 112 cm³/mol. The second-order valence-corrected chi connectivity index (χ2v) is 7.82. The molecule has 3 aromatic heterocycles. The van der Waals surface area contributed by atoms with Gasteiger partial charge in [-0.1, -0.05) is 17.7 Å². The summed E-state index contributed by atoms with van der Waals surface area (Å²) < 4.78 is 3.11. The Kier molecular flexibility index (Phi) is 4.05. The van der Waals surface area contributed by atoms with Gasteiger partial charge in [-0.15, -0.1) is 0 Å². The summed E-state index contributed by atoms with van der Waals surface area (Å²) in [5.74, 6) is 0.705. The van der Waals surface area contributed by atoms with Crippen LogP contribution in [0, 0.1) is 26.7 Å². The van der Waals surface area contributed by atoms with Gasteiger partial charge in [-0.2, -0.15) is 19.9 Å². The Hall–Kier alpha value is -3.75. The first-order chi connectivity index (χ1) is 14.4. The van der Waals surface area contributed by atoms with Crippen LogP contribution in [0.4, 0.5) is 5.82 Å². The normalized spacial score (nSPS) is 13.7. The molecule has 30 heavy (non-hydrogen) atoms. The monoisotopic (exact) mass is 403 g/mol. The molecule has 1 aliphatic carbocycles. The second kappa shape index (κ2) is 6.65. The van der Waals surface area contributed by atoms with Crippen molar-refractivity contribution in [2.75, 3.05) is 5.32 Å². The molecule has 5 rings (SSSR count). The van der Waals surface area contributed by atoms with Gasteiger partial charge in [0.25, 0.3) is 5.56 Å². The average Bonchev–Trinajstić information content (AvgIpc) is 3.37. The molecular weight excluding hydrogens is 382 g/mol. The fourth-order valence-corrected chi connectivity index (χ4v) is 3.55. The van der Waals surface area contributed by atoms with Crippen LogP contribution >= 0.6 is 0 Å². The number of carbonyl (C=O) groups excluding carboxylic acids is 1. The summed E-state index contributed by atoms with van der Waals surface area (Å²) in [6.45, 7) is 5.84. The van der Waals surface area contributed by atoms with Crippen LogP contribution in [-0.2, 0) is 4.79 Å². The Morgan fingerprint density at radius 3 is 2.70 bits per heavy atom. The zero-order valence-electron chi connectivity index (χ0n) is 16.9. The summed E-state index contributed by atoms with van der Waals surface area (Å²) in [5.41, 5.74) is 3.82. The maximum Gasteiger partial charge on any atom is 0.263 e. The molecule has 1 aromatic carbocycles. The molecule has 3 heterocycles. The number of fused-ring (bicyclic) bond motifs is 1. The van der Waals surface area contributed by atoms with E-state index in [1.54, 1.807) is 10.7 Å². The van der Waals surface area contributed by atoms with Crippen molar-refractivity contribution in [2.24, 2.45) is 5.92 Å². The highest BCUT2D eigenvalue weighted by Gasteiger charge is 2.30. The van der Waals surface area contributed by atoms with E-state index < -0.39 is 0 Å². The molecule has 0 aliphatic heterocycles. The largest absolute Gasteiger partial charge is 0.310 e. The van der Waals surface area contributed by atoms with Gasteiger partial charge in [-0.25, -0.2) is 4.68 Å². The fraction of sp³-hybridized carbons (Fsp3) is 0.286. The Labute approximate surface area is 171 Å². The average molecular weight is 403 g/mol. The van der Waals surface area contributed by atoms with Crippen molar-refractivity contribution in [3.05, 3.63) is 57.6 Å². The van der Waals surface area contributed by atoms with E-state index in [2.05, 4.69) is 31.5 Å². The summed E-state index contributed by atoms with van der Waals surface area (Å²) in [7, 11) is 0. The van der Waals surface area contributed by atoms with Crippen molar-refractivity contribution in [3.63, 3.8) is 0 Å². The van der Waals surface area contributed by atoms with E-state index in [0.717, 1.165) is 29.7 Å². The number of nitrogens with zero attached hydrogens (tertiary/aromatic N) is 5. The van der Waals surface area contributed by atoms with Gasteiger partial charge >= 0.3 is 0 Å². The number of hydrogen-bond acceptors (Lipinski definition) is 5. The van der Waals surface area contributed by atoms with Crippen molar-refractivity contribution in [2.45, 2.75) is 33.6 Å². The van der Waals surface area contributed by atoms with E-state index in [9.17, 15) is 9.59 Å². The fourth-order valence-electron chi connectivity index (χ4n) is 3.55. The van der Waals surface area contributed by atoms with Crippen LogP contribution in [-0.4, -0.2) is 35.4 Å². The molecule has 1 fully saturated rings. The minimum atomic E-state index is -0.321. The van der Waals surface area contributed by atoms with Crippen molar-refractivity contribution >= 4 is 22.8 Å². The van der Waals surface area contributed by atoms with Gasteiger partial charge in [-0.3, -0.25) is 14.6 Å². The lowest BCUT2D eigenvalue weighted by Crippen LogP contribution is -2.19. The van der Waals surface area contributed by atoms with Crippen molar-refractivity contribution in [1.82, 2.24) is 29.5 Å². The summed E-state index contributed by atoms with van der Waals surface area (Å²) in [5, 5.41) is 12.1. The number of H-pyrrole nitrogens is 1. The molecule has 1 amide bonds. The van der Waals surface area contributed by atoms with Crippen molar-refractivity contribution in [1.29, 1.82) is 0 Å². The van der Waals surface area contributed by atoms with Crippen LogP contribution in [0.1, 0.15) is 29.7 Å². The van der Waals surface area contributed by atoms with Crippen molar-refractivity contribution < 1.29 is 4.79 Å². The predicted octanol–water partition coefficient (Wildman–Crippen LogP) is 2.57. The third kappa shape index (κ3) is 3.08. The van der Waals surface area contributed by atoms with Gasteiger partial charge in [0.15, 0.2) is 5.65 Å². The molecule has 9 heteroatoms. The van der Waals surface area contributed by atoms with E-state index in [1.807, 2.05) is 32.9 Å². The van der Waals surface area contributed by atoms with Gasteiger partial charge in [-0.05, 0) is 45.2 Å². The smallest absolute Gasteiger partial charge is 0.263 e. The van der Waals surface area contributed by atoms with Crippen LogP contribution < -0.4 is 10.9 Å².